The molecule has 0 radical (unpaired) electrons. The van der Waals surface area contributed by atoms with Gasteiger partial charge in [0.05, 0.1) is 12.1 Å². The largest absolute Gasteiger partial charge is 0.540 e. The van der Waals surface area contributed by atoms with E-state index in [2.05, 4.69) is 69.9 Å². The highest BCUT2D eigenvalue weighted by atomic mass is 32.1. The van der Waals surface area contributed by atoms with Gasteiger partial charge in [-0.3, -0.25) is 0 Å². The van der Waals surface area contributed by atoms with Gasteiger partial charge in [0.1, 0.15) is 5.75 Å². The van der Waals surface area contributed by atoms with E-state index in [0.717, 1.165) is 28.2 Å². The van der Waals surface area contributed by atoms with Gasteiger partial charge >= 0.3 is 0 Å². The van der Waals surface area contributed by atoms with Gasteiger partial charge in [0.25, 0.3) is 8.32 Å². The predicted octanol–water partition coefficient (Wildman–Crippen LogP) is 7.22. The molecule has 2 N–H and O–H groups in total. The van der Waals surface area contributed by atoms with Crippen molar-refractivity contribution in [3.05, 3.63) is 59.5 Å². The molecule has 0 aliphatic rings. The number of methoxy groups -OCH3 is 1. The maximum absolute atomic E-state index is 7.00. The summed E-state index contributed by atoms with van der Waals surface area (Å²) < 4.78 is 17.8. The van der Waals surface area contributed by atoms with Crippen LogP contribution in [0, 0.1) is 6.92 Å². The molecule has 6 nitrogen and oxygen atoms in total. The number of nitrogens with two attached hydrogens (primary N) is 1. The molecule has 36 heavy (non-hydrogen) atoms. The van der Waals surface area contributed by atoms with Crippen molar-refractivity contribution < 1.29 is 13.7 Å². The first-order chi connectivity index (χ1) is 17.0. The molecule has 194 valence electrons. The standard InChI is InChI=1S/C28H39N3O3SSi/c1-17(2)36(18(3)4,19(5)6)34-26-16-23(13-14-25(26)32-8)24(27(29)35)15-21-9-11-22(12-10-21)28-30-20(7)33-31-28/h9-14,16-19,24H,15H2,1-8H3,(H2,29,35). The van der Waals surface area contributed by atoms with Gasteiger partial charge in [-0.25, -0.2) is 0 Å². The molecule has 0 spiro atoms. The van der Waals surface area contributed by atoms with Gasteiger partial charge in [-0.2, -0.15) is 4.98 Å². The van der Waals surface area contributed by atoms with Crippen LogP contribution in [-0.2, 0) is 6.42 Å². The summed E-state index contributed by atoms with van der Waals surface area (Å²) in [5, 5.41) is 4.00. The van der Waals surface area contributed by atoms with E-state index >= 15 is 0 Å². The first-order valence-electron chi connectivity index (χ1n) is 12.5. The van der Waals surface area contributed by atoms with Crippen molar-refractivity contribution in [2.75, 3.05) is 7.11 Å². The summed E-state index contributed by atoms with van der Waals surface area (Å²) in [6.07, 6.45) is 0.674. The van der Waals surface area contributed by atoms with Crippen LogP contribution >= 0.6 is 12.2 Å². The minimum Gasteiger partial charge on any atom is -0.540 e. The van der Waals surface area contributed by atoms with Crippen molar-refractivity contribution in [1.29, 1.82) is 0 Å². The van der Waals surface area contributed by atoms with E-state index in [1.54, 1.807) is 14.0 Å². The third-order valence-electron chi connectivity index (χ3n) is 7.11. The minimum atomic E-state index is -2.18. The molecule has 2 aromatic carbocycles. The Hall–Kier alpha value is -2.71. The van der Waals surface area contributed by atoms with E-state index in [1.165, 1.54) is 0 Å². The Balaban J connectivity index is 1.94. The van der Waals surface area contributed by atoms with Crippen LogP contribution in [0.1, 0.15) is 64.5 Å². The van der Waals surface area contributed by atoms with Gasteiger partial charge in [0.15, 0.2) is 5.75 Å². The molecule has 3 rings (SSSR count). The SMILES string of the molecule is COc1ccc(C(Cc2ccc(-c3noc(C)n3)cc2)C(N)=S)cc1O[Si](C(C)C)(C(C)C)C(C)C. The maximum Gasteiger partial charge on any atom is 0.258 e. The summed E-state index contributed by atoms with van der Waals surface area (Å²) >= 11 is 5.52. The second kappa shape index (κ2) is 11.6. The van der Waals surface area contributed by atoms with Crippen molar-refractivity contribution in [2.24, 2.45) is 5.73 Å². The number of aromatic nitrogens is 2. The van der Waals surface area contributed by atoms with Crippen LogP contribution < -0.4 is 14.9 Å². The van der Waals surface area contributed by atoms with E-state index in [9.17, 15) is 0 Å². The lowest BCUT2D eigenvalue weighted by atomic mass is 9.91. The lowest BCUT2D eigenvalue weighted by Gasteiger charge is -2.42. The molecule has 1 atom stereocenters. The van der Waals surface area contributed by atoms with Gasteiger partial charge < -0.3 is 19.4 Å². The van der Waals surface area contributed by atoms with E-state index < -0.39 is 8.32 Å². The maximum atomic E-state index is 7.00. The molecule has 0 bridgehead atoms. The topological polar surface area (TPSA) is 83.4 Å². The predicted molar refractivity (Wildman–Crippen MR) is 152 cm³/mol. The monoisotopic (exact) mass is 525 g/mol. The van der Waals surface area contributed by atoms with Crippen LogP contribution in [0.25, 0.3) is 11.4 Å². The van der Waals surface area contributed by atoms with Crippen molar-refractivity contribution in [3.8, 4) is 22.9 Å². The zero-order valence-corrected chi connectivity index (χ0v) is 24.5. The zero-order chi connectivity index (χ0) is 26.6. The first-order valence-corrected chi connectivity index (χ1v) is 15.1. The van der Waals surface area contributed by atoms with E-state index in [0.29, 0.717) is 39.7 Å². The summed E-state index contributed by atoms with van der Waals surface area (Å²) in [7, 11) is -0.492. The Morgan fingerprint density at radius 2 is 1.58 bits per heavy atom. The summed E-state index contributed by atoms with van der Waals surface area (Å²) in [5.41, 5.74) is 10.6. The number of rotatable bonds is 11. The highest BCUT2D eigenvalue weighted by molar-refractivity contribution is 7.80. The fraction of sp³-hybridized carbons (Fsp3) is 0.464. The minimum absolute atomic E-state index is 0.139. The van der Waals surface area contributed by atoms with Crippen LogP contribution in [0.3, 0.4) is 0 Å². The number of benzene rings is 2. The Bertz CT molecular complexity index is 1150. The van der Waals surface area contributed by atoms with Gasteiger partial charge in [0.2, 0.25) is 11.7 Å². The fourth-order valence-electron chi connectivity index (χ4n) is 5.36. The highest BCUT2D eigenvalue weighted by Gasteiger charge is 2.47. The zero-order valence-electron chi connectivity index (χ0n) is 22.7. The molecule has 0 aliphatic heterocycles. The number of thiocarbonyl (C=S) groups is 1. The normalized spacial score (nSPS) is 12.9. The van der Waals surface area contributed by atoms with Crippen LogP contribution in [0.4, 0.5) is 0 Å². The van der Waals surface area contributed by atoms with Crippen LogP contribution in [0.15, 0.2) is 47.0 Å². The molecule has 0 saturated carbocycles. The smallest absolute Gasteiger partial charge is 0.258 e. The molecule has 3 aromatic rings. The van der Waals surface area contributed by atoms with Crippen molar-refractivity contribution in [2.45, 2.75) is 77.4 Å². The molecule has 0 fully saturated rings. The lowest BCUT2D eigenvalue weighted by molar-refractivity contribution is 0.382. The summed E-state index contributed by atoms with van der Waals surface area (Å²) in [4.78, 5) is 4.75. The number of nitrogens with zero attached hydrogens (tertiary/aromatic N) is 2. The Morgan fingerprint density at radius 1 is 0.972 bits per heavy atom. The molecule has 0 aliphatic carbocycles. The molecule has 1 aromatic heterocycles. The van der Waals surface area contributed by atoms with Crippen LogP contribution in [0.2, 0.25) is 16.6 Å². The first kappa shape index (κ1) is 27.9. The van der Waals surface area contributed by atoms with E-state index in [4.69, 9.17) is 31.6 Å². The third kappa shape index (κ3) is 5.81. The summed E-state index contributed by atoms with van der Waals surface area (Å²) in [6.45, 7) is 15.4. The molecule has 0 amide bonds. The van der Waals surface area contributed by atoms with Crippen LogP contribution in [0.5, 0.6) is 11.5 Å². The summed E-state index contributed by atoms with van der Waals surface area (Å²) in [5.74, 6) is 2.50. The van der Waals surface area contributed by atoms with Gasteiger partial charge in [-0.1, -0.05) is 89.2 Å². The van der Waals surface area contributed by atoms with Crippen molar-refractivity contribution in [1.82, 2.24) is 10.1 Å². The number of hydrogen-bond donors (Lipinski definition) is 1. The number of hydrogen-bond acceptors (Lipinski definition) is 6. The molecular formula is C28H39N3O3SSi. The fourth-order valence-corrected chi connectivity index (χ4v) is 10.8. The summed E-state index contributed by atoms with van der Waals surface area (Å²) in [6, 6.07) is 14.2. The van der Waals surface area contributed by atoms with Crippen LogP contribution in [-0.4, -0.2) is 30.6 Å². The van der Waals surface area contributed by atoms with Crippen molar-refractivity contribution in [3.63, 3.8) is 0 Å². The Labute approximate surface area is 221 Å². The third-order valence-corrected chi connectivity index (χ3v) is 13.4. The molecule has 1 heterocycles. The highest BCUT2D eigenvalue weighted by Crippen LogP contribution is 2.45. The van der Waals surface area contributed by atoms with E-state index in [1.807, 2.05) is 24.3 Å². The second-order valence-corrected chi connectivity index (χ2v) is 16.2. The average Bonchev–Trinajstić information content (AvgIpc) is 3.26. The molecule has 0 saturated heterocycles. The molecular weight excluding hydrogens is 486 g/mol. The lowest BCUT2D eigenvalue weighted by Crippen LogP contribution is -2.50. The number of ether oxygens (including phenoxy) is 1. The van der Waals surface area contributed by atoms with Gasteiger partial charge in [-0.15, -0.1) is 0 Å². The van der Waals surface area contributed by atoms with Gasteiger partial charge in [0, 0.05) is 18.4 Å². The molecule has 8 heteroatoms. The number of aryl methyl sites for hydroxylation is 1. The van der Waals surface area contributed by atoms with Gasteiger partial charge in [-0.05, 0) is 46.3 Å². The Morgan fingerprint density at radius 3 is 2.06 bits per heavy atom. The Kier molecular flexibility index (Phi) is 8.95. The van der Waals surface area contributed by atoms with E-state index in [-0.39, 0.29) is 5.92 Å². The quantitative estimate of drug-likeness (QED) is 0.209. The van der Waals surface area contributed by atoms with Crippen molar-refractivity contribution >= 4 is 25.5 Å². The molecule has 1 unspecified atom stereocenters. The average molecular weight is 526 g/mol. The second-order valence-electron chi connectivity index (χ2n) is 10.3.